The second kappa shape index (κ2) is 3.34. The van der Waals surface area contributed by atoms with Crippen LogP contribution in [-0.2, 0) is 0 Å². The van der Waals surface area contributed by atoms with Crippen molar-refractivity contribution in [3.63, 3.8) is 0 Å². The van der Waals surface area contributed by atoms with Gasteiger partial charge < -0.3 is 4.67 Å². The SMILES string of the molecule is PN1C2=C(C=Cc3ccccc31)C1CC1C=C2. The molecule has 4 rings (SSSR count). The molecule has 1 heterocycles. The lowest BCUT2D eigenvalue weighted by atomic mass is 10.0. The van der Waals surface area contributed by atoms with Crippen molar-refractivity contribution in [2.75, 3.05) is 4.67 Å². The Hall–Kier alpha value is -1.33. The zero-order chi connectivity index (χ0) is 11.4. The molecule has 1 aromatic rings. The minimum absolute atomic E-state index is 0.767. The van der Waals surface area contributed by atoms with E-state index in [0.717, 1.165) is 11.8 Å². The topological polar surface area (TPSA) is 3.24 Å². The highest BCUT2D eigenvalue weighted by atomic mass is 31.0. The van der Waals surface area contributed by atoms with E-state index in [-0.39, 0.29) is 0 Å². The molecule has 17 heavy (non-hydrogen) atoms. The molecule has 3 unspecified atom stereocenters. The number of anilines is 1. The van der Waals surface area contributed by atoms with Crippen molar-refractivity contribution in [1.29, 1.82) is 0 Å². The standard InChI is InChI=1S/C15H14NP/c17-16-14-4-2-1-3-10(14)5-7-12-13-9-11(13)6-8-15(12)16/h1-8,11,13H,9,17H2. The van der Waals surface area contributed by atoms with E-state index in [0.29, 0.717) is 0 Å². The first-order valence-corrected chi connectivity index (χ1v) is 6.60. The first-order chi connectivity index (χ1) is 8.34. The summed E-state index contributed by atoms with van der Waals surface area (Å²) >= 11 is 0. The number of fused-ring (bicyclic) bond motifs is 3. The van der Waals surface area contributed by atoms with E-state index < -0.39 is 0 Å². The Bertz CT molecular complexity index is 582. The second-order valence-electron chi connectivity index (χ2n) is 4.97. The maximum atomic E-state index is 2.86. The van der Waals surface area contributed by atoms with Gasteiger partial charge in [-0.15, -0.1) is 0 Å². The van der Waals surface area contributed by atoms with Crippen LogP contribution in [0.15, 0.2) is 53.8 Å². The van der Waals surface area contributed by atoms with Crippen LogP contribution >= 0.6 is 9.39 Å². The lowest BCUT2D eigenvalue weighted by Gasteiger charge is -2.24. The van der Waals surface area contributed by atoms with E-state index in [2.05, 4.69) is 62.6 Å². The predicted molar refractivity (Wildman–Crippen MR) is 75.4 cm³/mol. The lowest BCUT2D eigenvalue weighted by molar-refractivity contribution is 0.916. The number of hydrogen-bond donors (Lipinski definition) is 0. The molecule has 0 spiro atoms. The van der Waals surface area contributed by atoms with Crippen molar-refractivity contribution in [3.8, 4) is 0 Å². The Labute approximate surface area is 104 Å². The Morgan fingerprint density at radius 1 is 1.12 bits per heavy atom. The summed E-state index contributed by atoms with van der Waals surface area (Å²) in [6.07, 6.45) is 10.5. The molecular weight excluding hydrogens is 225 g/mol. The third-order valence-electron chi connectivity index (χ3n) is 3.93. The van der Waals surface area contributed by atoms with E-state index in [1.54, 1.807) is 0 Å². The summed E-state index contributed by atoms with van der Waals surface area (Å²) in [4.78, 5) is 0. The maximum Gasteiger partial charge on any atom is 0.0514 e. The fourth-order valence-corrected chi connectivity index (χ4v) is 3.34. The van der Waals surface area contributed by atoms with Crippen LogP contribution in [0.2, 0.25) is 0 Å². The Balaban J connectivity index is 1.91. The van der Waals surface area contributed by atoms with Crippen molar-refractivity contribution in [2.24, 2.45) is 11.8 Å². The molecule has 1 fully saturated rings. The van der Waals surface area contributed by atoms with Crippen molar-refractivity contribution >= 4 is 21.2 Å². The Morgan fingerprint density at radius 3 is 2.94 bits per heavy atom. The molecule has 3 atom stereocenters. The van der Waals surface area contributed by atoms with E-state index in [9.17, 15) is 0 Å². The van der Waals surface area contributed by atoms with Gasteiger partial charge in [0.1, 0.15) is 0 Å². The fourth-order valence-electron chi connectivity index (χ4n) is 2.87. The molecule has 3 aliphatic rings. The van der Waals surface area contributed by atoms with E-state index in [1.165, 1.54) is 28.9 Å². The fraction of sp³-hybridized carbons (Fsp3) is 0.200. The van der Waals surface area contributed by atoms with Gasteiger partial charge in [0.05, 0.1) is 5.69 Å². The van der Waals surface area contributed by atoms with Crippen LogP contribution < -0.4 is 4.67 Å². The number of rotatable bonds is 0. The van der Waals surface area contributed by atoms with Gasteiger partial charge in [-0.3, -0.25) is 0 Å². The molecule has 0 amide bonds. The van der Waals surface area contributed by atoms with E-state index in [1.807, 2.05) is 0 Å². The monoisotopic (exact) mass is 239 g/mol. The van der Waals surface area contributed by atoms with Crippen LogP contribution in [0.1, 0.15) is 12.0 Å². The highest BCUT2D eigenvalue weighted by Crippen LogP contribution is 2.52. The molecule has 1 aromatic carbocycles. The second-order valence-corrected chi connectivity index (χ2v) is 5.48. The molecule has 0 aromatic heterocycles. The molecule has 0 bridgehead atoms. The van der Waals surface area contributed by atoms with Gasteiger partial charge in [-0.1, -0.05) is 36.4 Å². The molecule has 0 saturated heterocycles. The van der Waals surface area contributed by atoms with Crippen molar-refractivity contribution in [3.05, 3.63) is 59.3 Å². The molecule has 1 aliphatic heterocycles. The molecule has 0 radical (unpaired) electrons. The van der Waals surface area contributed by atoms with Gasteiger partial charge in [0, 0.05) is 5.70 Å². The van der Waals surface area contributed by atoms with Crippen LogP contribution in [0.3, 0.4) is 0 Å². The minimum Gasteiger partial charge on any atom is -0.325 e. The van der Waals surface area contributed by atoms with Crippen LogP contribution in [0.25, 0.3) is 6.08 Å². The van der Waals surface area contributed by atoms with Crippen LogP contribution in [0.5, 0.6) is 0 Å². The Kier molecular flexibility index (Phi) is 1.90. The molecule has 84 valence electrons. The number of hydrogen-bond acceptors (Lipinski definition) is 1. The molecule has 2 heteroatoms. The normalized spacial score (nSPS) is 28.4. The molecule has 1 saturated carbocycles. The summed E-state index contributed by atoms with van der Waals surface area (Å²) in [6, 6.07) is 8.55. The first kappa shape index (κ1) is 9.67. The highest BCUT2D eigenvalue weighted by molar-refractivity contribution is 7.19. The first-order valence-electron chi connectivity index (χ1n) is 6.09. The van der Waals surface area contributed by atoms with Gasteiger partial charge >= 0.3 is 0 Å². The quantitative estimate of drug-likeness (QED) is 0.623. The van der Waals surface area contributed by atoms with Gasteiger partial charge in [0.15, 0.2) is 0 Å². The van der Waals surface area contributed by atoms with Crippen molar-refractivity contribution in [2.45, 2.75) is 6.42 Å². The molecule has 0 N–H and O–H groups in total. The minimum atomic E-state index is 0.767. The molecular formula is C15H14NP. The van der Waals surface area contributed by atoms with Crippen LogP contribution in [-0.4, -0.2) is 0 Å². The smallest absolute Gasteiger partial charge is 0.0514 e. The van der Waals surface area contributed by atoms with Crippen LogP contribution in [0.4, 0.5) is 5.69 Å². The maximum absolute atomic E-state index is 2.86. The zero-order valence-electron chi connectivity index (χ0n) is 9.51. The van der Waals surface area contributed by atoms with Crippen molar-refractivity contribution < 1.29 is 0 Å². The molecule has 1 nitrogen and oxygen atoms in total. The van der Waals surface area contributed by atoms with Crippen molar-refractivity contribution in [1.82, 2.24) is 0 Å². The zero-order valence-corrected chi connectivity index (χ0v) is 10.7. The average molecular weight is 239 g/mol. The predicted octanol–water partition coefficient (Wildman–Crippen LogP) is 3.77. The van der Waals surface area contributed by atoms with Gasteiger partial charge in [-0.05, 0) is 50.9 Å². The summed E-state index contributed by atoms with van der Waals surface area (Å²) in [5.74, 6) is 1.57. The summed E-state index contributed by atoms with van der Waals surface area (Å²) in [5.41, 5.74) is 5.41. The van der Waals surface area contributed by atoms with E-state index in [4.69, 9.17) is 0 Å². The Morgan fingerprint density at radius 2 is 2.00 bits per heavy atom. The third kappa shape index (κ3) is 1.36. The number of para-hydroxylation sites is 1. The van der Waals surface area contributed by atoms with Gasteiger partial charge in [0.2, 0.25) is 0 Å². The molecule has 2 aliphatic carbocycles. The summed E-state index contributed by atoms with van der Waals surface area (Å²) in [5, 5.41) is 0. The third-order valence-corrected chi connectivity index (χ3v) is 4.49. The average Bonchev–Trinajstić information content (AvgIpc) is 3.14. The van der Waals surface area contributed by atoms with Gasteiger partial charge in [-0.2, -0.15) is 0 Å². The van der Waals surface area contributed by atoms with Gasteiger partial charge in [0.25, 0.3) is 0 Å². The summed E-state index contributed by atoms with van der Waals surface area (Å²) < 4.78 is 2.25. The number of benzene rings is 1. The summed E-state index contributed by atoms with van der Waals surface area (Å²) in [7, 11) is 2.86. The van der Waals surface area contributed by atoms with Gasteiger partial charge in [-0.25, -0.2) is 0 Å². The number of allylic oxidation sites excluding steroid dienone is 4. The van der Waals surface area contributed by atoms with Crippen LogP contribution in [0, 0.1) is 11.8 Å². The lowest BCUT2D eigenvalue weighted by Crippen LogP contribution is -2.12. The number of nitrogens with zero attached hydrogens (tertiary/aromatic N) is 1. The highest BCUT2D eigenvalue weighted by Gasteiger charge is 2.41. The largest absolute Gasteiger partial charge is 0.325 e. The summed E-state index contributed by atoms with van der Waals surface area (Å²) in [6.45, 7) is 0. The van der Waals surface area contributed by atoms with E-state index >= 15 is 0 Å².